The molecule has 0 aliphatic heterocycles. The van der Waals surface area contributed by atoms with E-state index in [0.29, 0.717) is 0 Å². The van der Waals surface area contributed by atoms with Crippen molar-refractivity contribution in [3.05, 3.63) is 24.3 Å². The van der Waals surface area contributed by atoms with E-state index < -0.39 is 0 Å². The summed E-state index contributed by atoms with van der Waals surface area (Å²) in [5.74, 6) is 0. The summed E-state index contributed by atoms with van der Waals surface area (Å²) in [6.07, 6.45) is 4.35. The molecule has 0 fully saturated rings. The van der Waals surface area contributed by atoms with Crippen LogP contribution in [0.25, 0.3) is 0 Å². The van der Waals surface area contributed by atoms with Crippen molar-refractivity contribution in [1.82, 2.24) is 0 Å². The molecule has 12 heavy (non-hydrogen) atoms. The van der Waals surface area contributed by atoms with Crippen molar-refractivity contribution < 1.29 is 0 Å². The van der Waals surface area contributed by atoms with Gasteiger partial charge in [0.2, 0.25) is 0 Å². The molecule has 0 spiro atoms. The molecule has 70 valence electrons. The lowest BCUT2D eigenvalue weighted by Gasteiger charge is -2.20. The molecule has 0 atom stereocenters. The van der Waals surface area contributed by atoms with Crippen LogP contribution < -0.4 is 0 Å². The van der Waals surface area contributed by atoms with Gasteiger partial charge in [-0.3, -0.25) is 0 Å². The lowest BCUT2D eigenvalue weighted by molar-refractivity contribution is 0.510. The van der Waals surface area contributed by atoms with E-state index in [0.717, 1.165) is 0 Å². The molecular weight excluding hydrogens is 144 g/mol. The van der Waals surface area contributed by atoms with E-state index in [2.05, 4.69) is 60.3 Å². The molecule has 0 aromatic heterocycles. The molecule has 0 aromatic rings. The molecule has 0 unspecified atom stereocenters. The third-order valence-corrected chi connectivity index (χ3v) is 1.75. The normalized spacial score (nSPS) is 13.8. The fraction of sp³-hybridized carbons (Fsp3) is 0.667. The zero-order chi connectivity index (χ0) is 9.99. The highest BCUT2D eigenvalue weighted by Gasteiger charge is 2.13. The number of hydrogen-bond donors (Lipinski definition) is 0. The highest BCUT2D eigenvalue weighted by Crippen LogP contribution is 2.26. The maximum Gasteiger partial charge on any atom is -0.0138 e. The lowest BCUT2D eigenvalue weighted by Crippen LogP contribution is -2.07. The van der Waals surface area contributed by atoms with Gasteiger partial charge in [-0.15, -0.1) is 0 Å². The second kappa shape index (κ2) is 3.47. The van der Waals surface area contributed by atoms with E-state index in [1.54, 1.807) is 0 Å². The Bertz CT molecular complexity index is 181. The van der Waals surface area contributed by atoms with Crippen molar-refractivity contribution in [2.24, 2.45) is 10.8 Å². The summed E-state index contributed by atoms with van der Waals surface area (Å²) in [4.78, 5) is 0. The molecule has 0 heterocycles. The third kappa shape index (κ3) is 5.17. The van der Waals surface area contributed by atoms with Crippen molar-refractivity contribution in [3.63, 3.8) is 0 Å². The van der Waals surface area contributed by atoms with E-state index in [4.69, 9.17) is 0 Å². The molecule has 0 saturated carbocycles. The predicted octanol–water partition coefficient (Wildman–Crippen LogP) is 4.19. The minimum atomic E-state index is 0.196. The van der Waals surface area contributed by atoms with Crippen LogP contribution in [0.3, 0.4) is 0 Å². The molecular formula is C12H22. The van der Waals surface area contributed by atoms with Crippen LogP contribution in [-0.2, 0) is 0 Å². The van der Waals surface area contributed by atoms with Crippen LogP contribution in [0.4, 0.5) is 0 Å². The molecule has 0 rings (SSSR count). The van der Waals surface area contributed by atoms with Gasteiger partial charge >= 0.3 is 0 Å². The molecule has 0 N–H and O–H groups in total. The highest BCUT2D eigenvalue weighted by atomic mass is 14.2. The molecule has 0 nitrogen and oxygen atoms in total. The van der Waals surface area contributed by atoms with E-state index in [-0.39, 0.29) is 10.8 Å². The van der Waals surface area contributed by atoms with Crippen molar-refractivity contribution in [2.45, 2.75) is 41.5 Å². The third-order valence-electron chi connectivity index (χ3n) is 1.75. The second-order valence-corrected chi connectivity index (χ2v) is 5.47. The Labute approximate surface area is 77.4 Å². The Morgan fingerprint density at radius 1 is 1.00 bits per heavy atom. The van der Waals surface area contributed by atoms with E-state index in [1.807, 2.05) is 0 Å². The fourth-order valence-electron chi connectivity index (χ4n) is 0.601. The summed E-state index contributed by atoms with van der Waals surface area (Å²) < 4.78 is 0. The monoisotopic (exact) mass is 166 g/mol. The molecule has 0 saturated heterocycles. The zero-order valence-electron chi connectivity index (χ0n) is 9.36. The Kier molecular flexibility index (Phi) is 3.32. The quantitative estimate of drug-likeness (QED) is 0.512. The standard InChI is InChI=1S/C12H22/c1-10(12(5,6)7)8-9-11(2,3)4/h8-9H,1H2,2-7H3/b9-8+. The minimum absolute atomic E-state index is 0.196. The first-order valence-corrected chi connectivity index (χ1v) is 4.51. The Balaban J connectivity index is 4.30. The number of hydrogen-bond acceptors (Lipinski definition) is 0. The van der Waals surface area contributed by atoms with Crippen LogP contribution in [-0.4, -0.2) is 0 Å². The number of rotatable bonds is 1. The van der Waals surface area contributed by atoms with Crippen molar-refractivity contribution >= 4 is 0 Å². The lowest BCUT2D eigenvalue weighted by atomic mass is 9.85. The van der Waals surface area contributed by atoms with Crippen LogP contribution in [0.1, 0.15) is 41.5 Å². The van der Waals surface area contributed by atoms with Gasteiger partial charge in [0.1, 0.15) is 0 Å². The summed E-state index contributed by atoms with van der Waals surface area (Å²) in [5, 5.41) is 0. The van der Waals surface area contributed by atoms with Crippen molar-refractivity contribution in [2.75, 3.05) is 0 Å². The molecule has 0 aliphatic rings. The summed E-state index contributed by atoms with van der Waals surface area (Å²) in [6, 6.07) is 0. The van der Waals surface area contributed by atoms with Crippen LogP contribution in [0.5, 0.6) is 0 Å². The van der Waals surface area contributed by atoms with Crippen molar-refractivity contribution in [3.8, 4) is 0 Å². The fourth-order valence-corrected chi connectivity index (χ4v) is 0.601. The van der Waals surface area contributed by atoms with Crippen LogP contribution in [0, 0.1) is 10.8 Å². The average Bonchev–Trinajstić information content (AvgIpc) is 1.78. The van der Waals surface area contributed by atoms with Gasteiger partial charge in [0.25, 0.3) is 0 Å². The maximum atomic E-state index is 4.04. The topological polar surface area (TPSA) is 0 Å². The second-order valence-electron chi connectivity index (χ2n) is 5.47. The molecule has 0 aromatic carbocycles. The van der Waals surface area contributed by atoms with Crippen LogP contribution in [0.15, 0.2) is 24.3 Å². The van der Waals surface area contributed by atoms with Gasteiger partial charge in [0.15, 0.2) is 0 Å². The summed E-state index contributed by atoms with van der Waals surface area (Å²) in [5.41, 5.74) is 1.65. The summed E-state index contributed by atoms with van der Waals surface area (Å²) in [6.45, 7) is 17.2. The first kappa shape index (κ1) is 11.5. The largest absolute Gasteiger partial charge is 0.0953 e. The molecule has 0 heteroatoms. The zero-order valence-corrected chi connectivity index (χ0v) is 9.36. The van der Waals surface area contributed by atoms with E-state index in [1.165, 1.54) is 5.57 Å². The van der Waals surface area contributed by atoms with Gasteiger partial charge in [-0.25, -0.2) is 0 Å². The SMILES string of the molecule is C=C(/C=C/C(C)(C)C)C(C)(C)C. The van der Waals surface area contributed by atoms with Gasteiger partial charge in [0.05, 0.1) is 0 Å². The van der Waals surface area contributed by atoms with E-state index >= 15 is 0 Å². The highest BCUT2D eigenvalue weighted by molar-refractivity contribution is 5.22. The smallest absolute Gasteiger partial charge is 0.0138 e. The van der Waals surface area contributed by atoms with Gasteiger partial charge in [-0.2, -0.15) is 0 Å². The predicted molar refractivity (Wildman–Crippen MR) is 57.2 cm³/mol. The van der Waals surface area contributed by atoms with Gasteiger partial charge in [-0.05, 0) is 10.8 Å². The summed E-state index contributed by atoms with van der Waals surface area (Å²) >= 11 is 0. The van der Waals surface area contributed by atoms with Gasteiger partial charge < -0.3 is 0 Å². The first-order valence-electron chi connectivity index (χ1n) is 4.51. The number of allylic oxidation sites excluding steroid dienone is 3. The van der Waals surface area contributed by atoms with Gasteiger partial charge in [0, 0.05) is 0 Å². The van der Waals surface area contributed by atoms with Crippen LogP contribution in [0.2, 0.25) is 0 Å². The molecule has 0 amide bonds. The Hall–Kier alpha value is -0.520. The van der Waals surface area contributed by atoms with Crippen molar-refractivity contribution in [1.29, 1.82) is 0 Å². The van der Waals surface area contributed by atoms with E-state index in [9.17, 15) is 0 Å². The average molecular weight is 166 g/mol. The first-order chi connectivity index (χ1) is 5.13. The Morgan fingerprint density at radius 3 is 1.67 bits per heavy atom. The molecule has 0 bridgehead atoms. The van der Waals surface area contributed by atoms with Gasteiger partial charge in [-0.1, -0.05) is 65.8 Å². The molecule has 0 aliphatic carbocycles. The minimum Gasteiger partial charge on any atom is -0.0953 e. The Morgan fingerprint density at radius 2 is 1.42 bits per heavy atom. The summed E-state index contributed by atoms with van der Waals surface area (Å²) in [7, 11) is 0. The molecule has 0 radical (unpaired) electrons. The van der Waals surface area contributed by atoms with Crippen LogP contribution >= 0.6 is 0 Å². The maximum absolute atomic E-state index is 4.04.